The van der Waals surface area contributed by atoms with Crippen LogP contribution in [0.4, 0.5) is 0 Å². The Morgan fingerprint density at radius 3 is 2.42 bits per heavy atom. The molecule has 24 heavy (non-hydrogen) atoms. The zero-order valence-corrected chi connectivity index (χ0v) is 14.3. The molecule has 0 amide bonds. The van der Waals surface area contributed by atoms with Crippen LogP contribution in [0.5, 0.6) is 0 Å². The van der Waals surface area contributed by atoms with Crippen LogP contribution >= 0.6 is 0 Å². The molecule has 0 spiro atoms. The fourth-order valence-electron chi connectivity index (χ4n) is 2.93. The molecule has 2 aliphatic heterocycles. The molecule has 0 saturated carbocycles. The number of nitrogens with zero attached hydrogens (tertiary/aromatic N) is 4. The van der Waals surface area contributed by atoms with Gasteiger partial charge in [0, 0.05) is 6.54 Å². The first-order valence-electron chi connectivity index (χ1n) is 8.19. The maximum atomic E-state index is 12.7. The third-order valence-corrected chi connectivity index (χ3v) is 4.29. The summed E-state index contributed by atoms with van der Waals surface area (Å²) in [6.45, 7) is 7.50. The molecule has 2 aliphatic rings. The maximum Gasteiger partial charge on any atom is 0.352 e. The monoisotopic (exact) mass is 328 g/mol. The van der Waals surface area contributed by atoms with Crippen molar-refractivity contribution in [2.24, 2.45) is 0 Å². The summed E-state index contributed by atoms with van der Waals surface area (Å²) in [6, 6.07) is 3.99. The second kappa shape index (κ2) is 6.16. The van der Waals surface area contributed by atoms with E-state index >= 15 is 0 Å². The maximum absolute atomic E-state index is 12.7. The van der Waals surface area contributed by atoms with E-state index in [4.69, 9.17) is 0 Å². The lowest BCUT2D eigenvalue weighted by Gasteiger charge is -2.17. The average molecular weight is 328 g/mol. The van der Waals surface area contributed by atoms with E-state index in [2.05, 4.69) is 15.7 Å². The van der Waals surface area contributed by atoms with Crippen LogP contribution in [-0.2, 0) is 13.1 Å². The van der Waals surface area contributed by atoms with Crippen molar-refractivity contribution in [2.75, 3.05) is 6.54 Å². The van der Waals surface area contributed by atoms with E-state index in [0.717, 1.165) is 26.7 Å². The summed E-state index contributed by atoms with van der Waals surface area (Å²) in [6.07, 6.45) is 0.688. The molecule has 3 N–H and O–H groups in total. The standard InChI is InChI=1S/C17H21N5O2/c1-4-6-22-16(23)14-15(20-17(22)24)21(7-5-18)13-9-11(3)10(2)8-12(13)19-14/h8-9H,4-7,18H2,1-3H3/p+1. The van der Waals surface area contributed by atoms with Crippen molar-refractivity contribution in [1.29, 1.82) is 0 Å². The number of quaternary nitrogens is 1. The minimum Gasteiger partial charge on any atom is -0.356 e. The number of hydrogen-bond donors (Lipinski definition) is 1. The van der Waals surface area contributed by atoms with Crippen LogP contribution in [0.3, 0.4) is 0 Å². The molecule has 3 rings (SSSR count). The molecule has 0 unspecified atom stereocenters. The van der Waals surface area contributed by atoms with Gasteiger partial charge in [-0.15, -0.1) is 0 Å². The van der Waals surface area contributed by atoms with Crippen LogP contribution in [0.2, 0.25) is 0 Å². The molecule has 0 saturated heterocycles. The van der Waals surface area contributed by atoms with Crippen molar-refractivity contribution in [3.05, 3.63) is 44.1 Å². The van der Waals surface area contributed by atoms with Crippen molar-refractivity contribution >= 4 is 11.0 Å². The zero-order valence-electron chi connectivity index (χ0n) is 14.3. The zero-order chi connectivity index (χ0) is 17.4. The molecule has 0 aromatic heterocycles. The molecule has 2 heterocycles. The summed E-state index contributed by atoms with van der Waals surface area (Å²) in [7, 11) is 0. The molecular formula is C17H22N5O2+. The van der Waals surface area contributed by atoms with Gasteiger partial charge in [0.25, 0.3) is 5.56 Å². The molecule has 126 valence electrons. The van der Waals surface area contributed by atoms with Gasteiger partial charge in [0.15, 0.2) is 11.5 Å². The molecule has 7 heteroatoms. The van der Waals surface area contributed by atoms with Crippen molar-refractivity contribution in [1.82, 2.24) is 19.1 Å². The lowest BCUT2D eigenvalue weighted by atomic mass is 10.1. The Morgan fingerprint density at radius 2 is 1.75 bits per heavy atom. The van der Waals surface area contributed by atoms with Crippen LogP contribution in [-0.4, -0.2) is 25.6 Å². The Kier molecular flexibility index (Phi) is 4.19. The van der Waals surface area contributed by atoms with E-state index in [1.807, 2.05) is 37.5 Å². The normalized spacial score (nSPS) is 11.5. The minimum atomic E-state index is -0.517. The van der Waals surface area contributed by atoms with Gasteiger partial charge in [-0.1, -0.05) is 6.92 Å². The van der Waals surface area contributed by atoms with Gasteiger partial charge in [-0.2, -0.15) is 4.98 Å². The fraction of sp³-hybridized carbons (Fsp3) is 0.412. The van der Waals surface area contributed by atoms with E-state index in [-0.39, 0.29) is 11.3 Å². The molecule has 1 aromatic carbocycles. The Balaban J connectivity index is 2.50. The highest BCUT2D eigenvalue weighted by atomic mass is 16.2. The summed E-state index contributed by atoms with van der Waals surface area (Å²) in [4.78, 5) is 33.7. The molecule has 0 radical (unpaired) electrons. The summed E-state index contributed by atoms with van der Waals surface area (Å²) >= 11 is 0. The van der Waals surface area contributed by atoms with Crippen molar-refractivity contribution in [2.45, 2.75) is 40.3 Å². The second-order valence-electron chi connectivity index (χ2n) is 6.07. The lowest BCUT2D eigenvalue weighted by Crippen LogP contribution is -2.52. The average Bonchev–Trinajstić information content (AvgIpc) is 2.54. The van der Waals surface area contributed by atoms with Gasteiger partial charge in [0.2, 0.25) is 0 Å². The largest absolute Gasteiger partial charge is 0.356 e. The highest BCUT2D eigenvalue weighted by molar-refractivity contribution is 5.81. The summed E-state index contributed by atoms with van der Waals surface area (Å²) < 4.78 is 3.05. The highest BCUT2D eigenvalue weighted by Crippen LogP contribution is 2.23. The van der Waals surface area contributed by atoms with Gasteiger partial charge in [0.05, 0.1) is 24.1 Å². The molecule has 7 nitrogen and oxygen atoms in total. The first-order chi connectivity index (χ1) is 11.5. The molecule has 0 bridgehead atoms. The third kappa shape index (κ3) is 2.50. The predicted molar refractivity (Wildman–Crippen MR) is 92.2 cm³/mol. The summed E-state index contributed by atoms with van der Waals surface area (Å²) in [5, 5.41) is 0. The number of fused-ring (bicyclic) bond motifs is 2. The van der Waals surface area contributed by atoms with Crippen LogP contribution in [0.1, 0.15) is 24.5 Å². The highest BCUT2D eigenvalue weighted by Gasteiger charge is 2.21. The Morgan fingerprint density at radius 1 is 1.04 bits per heavy atom. The molecule has 0 fully saturated rings. The van der Waals surface area contributed by atoms with E-state index in [9.17, 15) is 9.59 Å². The number of rotatable bonds is 4. The Bertz CT molecular complexity index is 1000. The number of aromatic nitrogens is 4. The first-order valence-corrected chi connectivity index (χ1v) is 8.19. The van der Waals surface area contributed by atoms with Gasteiger partial charge >= 0.3 is 5.69 Å². The number of hydrogen-bond acceptors (Lipinski definition) is 4. The van der Waals surface area contributed by atoms with Gasteiger partial charge in [-0.25, -0.2) is 9.78 Å². The first kappa shape index (κ1) is 16.3. The van der Waals surface area contributed by atoms with Gasteiger partial charge in [-0.3, -0.25) is 9.36 Å². The van der Waals surface area contributed by atoms with Crippen molar-refractivity contribution in [3.8, 4) is 11.5 Å². The smallest absolute Gasteiger partial charge is 0.352 e. The minimum absolute atomic E-state index is 0.243. The molecule has 0 aliphatic carbocycles. The topological polar surface area (TPSA) is 97.4 Å². The third-order valence-electron chi connectivity index (χ3n) is 4.29. The van der Waals surface area contributed by atoms with Crippen LogP contribution in [0.25, 0.3) is 22.6 Å². The van der Waals surface area contributed by atoms with Gasteiger partial charge < -0.3 is 10.3 Å². The Hall–Kier alpha value is -2.54. The van der Waals surface area contributed by atoms with Crippen LogP contribution in [0.15, 0.2) is 21.7 Å². The van der Waals surface area contributed by atoms with Crippen molar-refractivity contribution in [3.63, 3.8) is 0 Å². The number of benzene rings is 1. The molecule has 1 aromatic rings. The van der Waals surface area contributed by atoms with Crippen LogP contribution < -0.4 is 17.0 Å². The van der Waals surface area contributed by atoms with E-state index in [0.29, 0.717) is 31.9 Å². The summed E-state index contributed by atoms with van der Waals surface area (Å²) in [5.74, 6) is 0.344. The van der Waals surface area contributed by atoms with Crippen LogP contribution in [0, 0.1) is 13.8 Å². The van der Waals surface area contributed by atoms with Crippen molar-refractivity contribution < 1.29 is 5.73 Å². The molecule has 0 atom stereocenters. The SMILES string of the molecule is CCCn1c(=O)nc2n(CC[NH3+])c3cc(C)c(C)cc3nc-2c1=O. The second-order valence-corrected chi connectivity index (χ2v) is 6.07. The van der Waals surface area contributed by atoms with E-state index in [1.165, 1.54) is 0 Å². The fourth-order valence-corrected chi connectivity index (χ4v) is 2.93. The van der Waals surface area contributed by atoms with Gasteiger partial charge in [0.1, 0.15) is 0 Å². The van der Waals surface area contributed by atoms with E-state index in [1.54, 1.807) is 0 Å². The quantitative estimate of drug-likeness (QED) is 0.698. The summed E-state index contributed by atoms with van der Waals surface area (Å²) in [5.41, 5.74) is 7.09. The lowest BCUT2D eigenvalue weighted by molar-refractivity contribution is -0.369. The van der Waals surface area contributed by atoms with E-state index < -0.39 is 5.69 Å². The predicted octanol–water partition coefficient (Wildman–Crippen LogP) is 0.327. The Labute approximate surface area is 139 Å². The molecular weight excluding hydrogens is 306 g/mol. The van der Waals surface area contributed by atoms with Gasteiger partial charge in [-0.05, 0) is 43.5 Å². The number of aryl methyl sites for hydroxylation is 2.